The third-order valence-electron chi connectivity index (χ3n) is 2.30. The van der Waals surface area contributed by atoms with Gasteiger partial charge < -0.3 is 14.6 Å². The van der Waals surface area contributed by atoms with Crippen molar-refractivity contribution in [1.29, 1.82) is 0 Å². The van der Waals surface area contributed by atoms with Crippen LogP contribution < -0.4 is 4.74 Å². The molecule has 0 aliphatic carbocycles. The van der Waals surface area contributed by atoms with Crippen molar-refractivity contribution < 1.29 is 19.4 Å². The van der Waals surface area contributed by atoms with E-state index in [2.05, 4.69) is 9.72 Å². The van der Waals surface area contributed by atoms with E-state index in [0.29, 0.717) is 11.4 Å². The monoisotopic (exact) mass is 239 g/mol. The molecule has 0 saturated carbocycles. The Bertz CT molecular complexity index is 390. The maximum absolute atomic E-state index is 11.4. The standard InChI is InChI=1S/C12H17NO4/c1-12(2,11(15)16-3)8-17-10-6-9(7-14)4-5-13-10/h4-6,14H,7-8H2,1-3H3. The molecule has 0 aromatic carbocycles. The summed E-state index contributed by atoms with van der Waals surface area (Å²) >= 11 is 0. The summed E-state index contributed by atoms with van der Waals surface area (Å²) in [4.78, 5) is 15.4. The number of esters is 1. The minimum absolute atomic E-state index is 0.0702. The number of aromatic nitrogens is 1. The fourth-order valence-corrected chi connectivity index (χ4v) is 1.22. The average Bonchev–Trinajstić information content (AvgIpc) is 2.35. The number of methoxy groups -OCH3 is 1. The molecule has 0 bridgehead atoms. The Morgan fingerprint density at radius 2 is 2.24 bits per heavy atom. The Hall–Kier alpha value is -1.62. The van der Waals surface area contributed by atoms with Crippen molar-refractivity contribution in [3.63, 3.8) is 0 Å². The van der Waals surface area contributed by atoms with E-state index in [4.69, 9.17) is 9.84 Å². The molecule has 0 saturated heterocycles. The van der Waals surface area contributed by atoms with Gasteiger partial charge in [-0.3, -0.25) is 4.79 Å². The van der Waals surface area contributed by atoms with Gasteiger partial charge in [0, 0.05) is 12.3 Å². The predicted molar refractivity (Wildman–Crippen MR) is 61.5 cm³/mol. The lowest BCUT2D eigenvalue weighted by Crippen LogP contribution is -2.32. The van der Waals surface area contributed by atoms with Crippen molar-refractivity contribution in [3.05, 3.63) is 23.9 Å². The first kappa shape index (κ1) is 13.4. The second kappa shape index (κ2) is 5.63. The van der Waals surface area contributed by atoms with Crippen molar-refractivity contribution in [1.82, 2.24) is 4.98 Å². The second-order valence-electron chi connectivity index (χ2n) is 4.32. The Balaban J connectivity index is 2.63. The van der Waals surface area contributed by atoms with Gasteiger partial charge in [0.05, 0.1) is 19.1 Å². The largest absolute Gasteiger partial charge is 0.476 e. The summed E-state index contributed by atoms with van der Waals surface area (Å²) in [5.74, 6) is 0.0457. The van der Waals surface area contributed by atoms with Crippen LogP contribution in [0.4, 0.5) is 0 Å². The third-order valence-corrected chi connectivity index (χ3v) is 2.30. The quantitative estimate of drug-likeness (QED) is 0.781. The number of ether oxygens (including phenoxy) is 2. The number of rotatable bonds is 5. The highest BCUT2D eigenvalue weighted by Gasteiger charge is 2.29. The number of aliphatic hydroxyl groups is 1. The van der Waals surface area contributed by atoms with Crippen molar-refractivity contribution in [2.45, 2.75) is 20.5 Å². The Morgan fingerprint density at radius 1 is 1.53 bits per heavy atom. The van der Waals surface area contributed by atoms with E-state index in [1.807, 2.05) is 0 Å². The molecule has 0 fully saturated rings. The number of hydrogen-bond donors (Lipinski definition) is 1. The second-order valence-corrected chi connectivity index (χ2v) is 4.32. The maximum Gasteiger partial charge on any atom is 0.314 e. The molecule has 0 amide bonds. The molecule has 0 atom stereocenters. The van der Waals surface area contributed by atoms with E-state index in [0.717, 1.165) is 0 Å². The molecule has 5 heteroatoms. The molecule has 0 unspecified atom stereocenters. The highest BCUT2D eigenvalue weighted by molar-refractivity contribution is 5.75. The average molecular weight is 239 g/mol. The first-order chi connectivity index (χ1) is 7.99. The normalized spacial score (nSPS) is 11.1. The van der Waals surface area contributed by atoms with Crippen LogP contribution in [0.1, 0.15) is 19.4 Å². The van der Waals surface area contributed by atoms with Gasteiger partial charge in [0.1, 0.15) is 6.61 Å². The zero-order valence-corrected chi connectivity index (χ0v) is 10.3. The predicted octanol–water partition coefficient (Wildman–Crippen LogP) is 1.15. The van der Waals surface area contributed by atoms with Crippen LogP contribution in [-0.2, 0) is 16.1 Å². The lowest BCUT2D eigenvalue weighted by atomic mass is 9.95. The number of nitrogens with zero attached hydrogens (tertiary/aromatic N) is 1. The SMILES string of the molecule is COC(=O)C(C)(C)COc1cc(CO)ccn1. The molecule has 1 aromatic heterocycles. The lowest BCUT2D eigenvalue weighted by molar-refractivity contribution is -0.152. The van der Waals surface area contributed by atoms with Gasteiger partial charge in [-0.05, 0) is 25.5 Å². The van der Waals surface area contributed by atoms with Crippen LogP contribution in [0, 0.1) is 5.41 Å². The molecular formula is C12H17NO4. The van der Waals surface area contributed by atoms with Crippen molar-refractivity contribution in [2.24, 2.45) is 5.41 Å². The topological polar surface area (TPSA) is 68.7 Å². The molecule has 94 valence electrons. The molecule has 0 aliphatic heterocycles. The van der Waals surface area contributed by atoms with Crippen LogP contribution in [0.25, 0.3) is 0 Å². The smallest absolute Gasteiger partial charge is 0.314 e. The van der Waals surface area contributed by atoms with Crippen LogP contribution in [-0.4, -0.2) is 29.8 Å². The van der Waals surface area contributed by atoms with Crippen LogP contribution in [0.2, 0.25) is 0 Å². The molecule has 1 aromatic rings. The fourth-order valence-electron chi connectivity index (χ4n) is 1.22. The molecule has 5 nitrogen and oxygen atoms in total. The molecule has 0 aliphatic rings. The van der Waals surface area contributed by atoms with E-state index in [-0.39, 0.29) is 19.2 Å². The minimum atomic E-state index is -0.731. The van der Waals surface area contributed by atoms with Crippen LogP contribution in [0.5, 0.6) is 5.88 Å². The van der Waals surface area contributed by atoms with E-state index in [1.54, 1.807) is 32.2 Å². The first-order valence-corrected chi connectivity index (χ1v) is 5.26. The summed E-state index contributed by atoms with van der Waals surface area (Å²) in [6.45, 7) is 3.56. The lowest BCUT2D eigenvalue weighted by Gasteiger charge is -2.21. The number of carbonyl (C=O) groups is 1. The van der Waals surface area contributed by atoms with Crippen molar-refractivity contribution in [2.75, 3.05) is 13.7 Å². The summed E-state index contributed by atoms with van der Waals surface area (Å²) in [6, 6.07) is 3.33. The van der Waals surface area contributed by atoms with Crippen molar-refractivity contribution >= 4 is 5.97 Å². The van der Waals surface area contributed by atoms with E-state index in [9.17, 15) is 4.79 Å². The Labute approximate surface area is 100 Å². The van der Waals surface area contributed by atoms with E-state index in [1.165, 1.54) is 7.11 Å². The van der Waals surface area contributed by atoms with Gasteiger partial charge in [-0.2, -0.15) is 0 Å². The van der Waals surface area contributed by atoms with Gasteiger partial charge in [0.2, 0.25) is 5.88 Å². The van der Waals surface area contributed by atoms with Crippen molar-refractivity contribution in [3.8, 4) is 5.88 Å². The molecule has 1 N–H and O–H groups in total. The summed E-state index contributed by atoms with van der Waals surface area (Å²) in [5, 5.41) is 8.96. The summed E-state index contributed by atoms with van der Waals surface area (Å²) in [5.41, 5.74) is -0.0167. The Morgan fingerprint density at radius 3 is 2.82 bits per heavy atom. The summed E-state index contributed by atoms with van der Waals surface area (Å²) in [6.07, 6.45) is 1.55. The number of aliphatic hydroxyl groups excluding tert-OH is 1. The third kappa shape index (κ3) is 3.71. The highest BCUT2D eigenvalue weighted by atomic mass is 16.5. The number of pyridine rings is 1. The van der Waals surface area contributed by atoms with Gasteiger partial charge in [-0.25, -0.2) is 4.98 Å². The minimum Gasteiger partial charge on any atom is -0.476 e. The van der Waals surface area contributed by atoms with Crippen LogP contribution >= 0.6 is 0 Å². The molecule has 0 radical (unpaired) electrons. The first-order valence-electron chi connectivity index (χ1n) is 5.26. The van der Waals surface area contributed by atoms with Crippen LogP contribution in [0.3, 0.4) is 0 Å². The van der Waals surface area contributed by atoms with Crippen LogP contribution in [0.15, 0.2) is 18.3 Å². The molecule has 1 rings (SSSR count). The van der Waals surface area contributed by atoms with E-state index >= 15 is 0 Å². The maximum atomic E-state index is 11.4. The molecule has 1 heterocycles. The zero-order valence-electron chi connectivity index (χ0n) is 10.3. The zero-order chi connectivity index (χ0) is 12.9. The van der Waals surface area contributed by atoms with Gasteiger partial charge in [-0.1, -0.05) is 0 Å². The molecule has 0 spiro atoms. The highest BCUT2D eigenvalue weighted by Crippen LogP contribution is 2.19. The number of carbonyl (C=O) groups excluding carboxylic acids is 1. The fraction of sp³-hybridized carbons (Fsp3) is 0.500. The van der Waals surface area contributed by atoms with Gasteiger partial charge >= 0.3 is 5.97 Å². The number of hydrogen-bond acceptors (Lipinski definition) is 5. The summed E-state index contributed by atoms with van der Waals surface area (Å²) in [7, 11) is 1.34. The van der Waals surface area contributed by atoms with Gasteiger partial charge in [-0.15, -0.1) is 0 Å². The molecular weight excluding hydrogens is 222 g/mol. The van der Waals surface area contributed by atoms with E-state index < -0.39 is 5.41 Å². The van der Waals surface area contributed by atoms with Gasteiger partial charge in [0.25, 0.3) is 0 Å². The Kier molecular flexibility index (Phi) is 4.45. The molecule has 17 heavy (non-hydrogen) atoms. The summed E-state index contributed by atoms with van der Waals surface area (Å²) < 4.78 is 10.1. The van der Waals surface area contributed by atoms with Gasteiger partial charge in [0.15, 0.2) is 0 Å².